The zero-order chi connectivity index (χ0) is 24.3. The number of sulfonamides is 1. The summed E-state index contributed by atoms with van der Waals surface area (Å²) >= 11 is 0. The third kappa shape index (κ3) is 4.14. The standard InChI is InChI=1S/C26H30N2O5S/c1-17-3-8-21(34(32,33)27-18(2)29)15-22(17)19-4-6-20(7-5-19)23-16-25(23)11-13-28(14-12-25)24(30)26(31)9-10-26/h3-8,15,23,31H,9-14,16H2,1-2H3,(H,27,29)/t23-/m1/s1. The van der Waals surface area contributed by atoms with Crippen LogP contribution in [-0.2, 0) is 19.6 Å². The Balaban J connectivity index is 1.29. The molecule has 2 aliphatic carbocycles. The number of amides is 2. The van der Waals surface area contributed by atoms with Gasteiger partial charge in [-0.2, -0.15) is 0 Å². The second-order valence-corrected chi connectivity index (χ2v) is 11.9. The molecule has 1 spiro atoms. The molecule has 2 aromatic carbocycles. The summed E-state index contributed by atoms with van der Waals surface area (Å²) in [5, 5.41) is 10.1. The van der Waals surface area contributed by atoms with E-state index in [-0.39, 0.29) is 16.2 Å². The number of benzene rings is 2. The van der Waals surface area contributed by atoms with E-state index in [1.807, 2.05) is 28.7 Å². The van der Waals surface area contributed by atoms with E-state index >= 15 is 0 Å². The predicted octanol–water partition coefficient (Wildman–Crippen LogP) is 3.11. The first kappa shape index (κ1) is 23.1. The Labute approximate surface area is 200 Å². The first-order chi connectivity index (χ1) is 16.0. The second-order valence-electron chi connectivity index (χ2n) is 10.2. The van der Waals surface area contributed by atoms with Gasteiger partial charge in [0, 0.05) is 20.0 Å². The minimum atomic E-state index is -3.90. The number of hydrogen-bond acceptors (Lipinski definition) is 5. The van der Waals surface area contributed by atoms with Gasteiger partial charge in [0.2, 0.25) is 5.91 Å². The zero-order valence-electron chi connectivity index (χ0n) is 19.5. The van der Waals surface area contributed by atoms with Crippen LogP contribution in [0.1, 0.15) is 56.1 Å². The molecule has 2 aromatic rings. The van der Waals surface area contributed by atoms with Crippen molar-refractivity contribution >= 4 is 21.8 Å². The van der Waals surface area contributed by atoms with Crippen LogP contribution in [0.4, 0.5) is 0 Å². The predicted molar refractivity (Wildman–Crippen MR) is 127 cm³/mol. The number of nitrogens with one attached hydrogen (secondary N) is 1. The van der Waals surface area contributed by atoms with Crippen molar-refractivity contribution in [3.05, 3.63) is 53.6 Å². The summed E-state index contributed by atoms with van der Waals surface area (Å²) in [4.78, 5) is 25.6. The van der Waals surface area contributed by atoms with Gasteiger partial charge < -0.3 is 10.0 Å². The highest BCUT2D eigenvalue weighted by Crippen LogP contribution is 2.65. The maximum Gasteiger partial charge on any atom is 0.264 e. The minimum Gasteiger partial charge on any atom is -0.380 e. The lowest BCUT2D eigenvalue weighted by atomic mass is 9.88. The number of nitrogens with zero attached hydrogens (tertiary/aromatic N) is 1. The van der Waals surface area contributed by atoms with Crippen LogP contribution in [0.15, 0.2) is 47.4 Å². The first-order valence-electron chi connectivity index (χ1n) is 11.8. The van der Waals surface area contributed by atoms with Crippen LogP contribution in [0.2, 0.25) is 0 Å². The molecule has 8 heteroatoms. The van der Waals surface area contributed by atoms with Gasteiger partial charge in [0.25, 0.3) is 15.9 Å². The molecule has 3 aliphatic rings. The van der Waals surface area contributed by atoms with Gasteiger partial charge in [0.1, 0.15) is 5.60 Å². The van der Waals surface area contributed by atoms with Gasteiger partial charge in [-0.25, -0.2) is 13.1 Å². The molecule has 2 saturated carbocycles. The van der Waals surface area contributed by atoms with Crippen molar-refractivity contribution < 1.29 is 23.1 Å². The van der Waals surface area contributed by atoms with Crippen LogP contribution in [0.25, 0.3) is 11.1 Å². The van der Waals surface area contributed by atoms with E-state index in [0.29, 0.717) is 31.8 Å². The van der Waals surface area contributed by atoms with Crippen molar-refractivity contribution in [3.8, 4) is 11.1 Å². The summed E-state index contributed by atoms with van der Waals surface area (Å²) in [6.07, 6.45) is 4.21. The third-order valence-electron chi connectivity index (χ3n) is 7.78. The van der Waals surface area contributed by atoms with Crippen LogP contribution < -0.4 is 4.72 Å². The molecule has 0 radical (unpaired) electrons. The van der Waals surface area contributed by atoms with Gasteiger partial charge in [-0.1, -0.05) is 30.3 Å². The Morgan fingerprint density at radius 2 is 1.68 bits per heavy atom. The zero-order valence-corrected chi connectivity index (χ0v) is 20.3. The molecular formula is C26H30N2O5S. The molecule has 2 N–H and O–H groups in total. The number of piperidine rings is 1. The van der Waals surface area contributed by atoms with Gasteiger partial charge >= 0.3 is 0 Å². The Morgan fingerprint density at radius 3 is 2.26 bits per heavy atom. The molecule has 3 fully saturated rings. The van der Waals surface area contributed by atoms with Gasteiger partial charge in [0.15, 0.2) is 0 Å². The summed E-state index contributed by atoms with van der Waals surface area (Å²) < 4.78 is 26.8. The maximum atomic E-state index is 12.4. The Bertz CT molecular complexity index is 1260. The van der Waals surface area contributed by atoms with Crippen molar-refractivity contribution in [1.82, 2.24) is 9.62 Å². The molecule has 0 bridgehead atoms. The van der Waals surface area contributed by atoms with Crippen molar-refractivity contribution in [2.75, 3.05) is 13.1 Å². The summed E-state index contributed by atoms with van der Waals surface area (Å²) in [5.74, 6) is -0.249. The van der Waals surface area contributed by atoms with E-state index in [1.165, 1.54) is 18.6 Å². The lowest BCUT2D eigenvalue weighted by molar-refractivity contribution is -0.144. The molecule has 1 saturated heterocycles. The quantitative estimate of drug-likeness (QED) is 0.682. The Morgan fingerprint density at radius 1 is 1.03 bits per heavy atom. The average Bonchev–Trinajstić information content (AvgIpc) is 3.71. The number of hydrogen-bond donors (Lipinski definition) is 2. The number of carbonyl (C=O) groups is 2. The lowest BCUT2D eigenvalue weighted by Crippen LogP contribution is -2.45. The molecule has 180 valence electrons. The highest BCUT2D eigenvalue weighted by atomic mass is 32.2. The lowest BCUT2D eigenvalue weighted by Gasteiger charge is -2.34. The van der Waals surface area contributed by atoms with Crippen LogP contribution in [0.3, 0.4) is 0 Å². The molecule has 34 heavy (non-hydrogen) atoms. The van der Waals surface area contributed by atoms with Gasteiger partial charge in [-0.3, -0.25) is 9.59 Å². The number of likely N-dealkylation sites (tertiary alicyclic amines) is 1. The van der Waals surface area contributed by atoms with Crippen molar-refractivity contribution in [3.63, 3.8) is 0 Å². The fourth-order valence-corrected chi connectivity index (χ4v) is 6.39. The molecular weight excluding hydrogens is 452 g/mol. The second kappa shape index (κ2) is 7.92. The number of aryl methyl sites for hydroxylation is 1. The van der Waals surface area contributed by atoms with E-state index in [1.54, 1.807) is 12.1 Å². The first-order valence-corrected chi connectivity index (χ1v) is 13.3. The smallest absolute Gasteiger partial charge is 0.264 e. The maximum absolute atomic E-state index is 12.4. The van der Waals surface area contributed by atoms with Gasteiger partial charge in [0.05, 0.1) is 4.90 Å². The van der Waals surface area contributed by atoms with Crippen LogP contribution in [-0.4, -0.2) is 48.9 Å². The van der Waals surface area contributed by atoms with Gasteiger partial charge in [-0.05, 0) is 84.7 Å². The molecule has 1 heterocycles. The van der Waals surface area contributed by atoms with E-state index < -0.39 is 21.5 Å². The largest absolute Gasteiger partial charge is 0.380 e. The number of carbonyl (C=O) groups excluding carboxylic acids is 2. The molecule has 2 amide bonds. The number of rotatable bonds is 5. The summed E-state index contributed by atoms with van der Waals surface area (Å²) in [5.41, 5.74) is 3.12. The molecule has 1 atom stereocenters. The molecule has 0 aromatic heterocycles. The highest BCUT2D eigenvalue weighted by Gasteiger charge is 2.57. The SMILES string of the molecule is CC(=O)NS(=O)(=O)c1ccc(C)c(-c2ccc([C@H]3CC34CCN(C(=O)C3(O)CC3)CC4)cc2)c1. The summed E-state index contributed by atoms with van der Waals surface area (Å²) in [6.45, 7) is 4.53. The monoisotopic (exact) mass is 482 g/mol. The van der Waals surface area contributed by atoms with Crippen molar-refractivity contribution in [2.24, 2.45) is 5.41 Å². The normalized spacial score (nSPS) is 22.3. The van der Waals surface area contributed by atoms with E-state index in [4.69, 9.17) is 0 Å². The molecule has 7 nitrogen and oxygen atoms in total. The van der Waals surface area contributed by atoms with Crippen molar-refractivity contribution in [1.29, 1.82) is 0 Å². The highest BCUT2D eigenvalue weighted by molar-refractivity contribution is 7.90. The Kier molecular flexibility index (Phi) is 5.37. The summed E-state index contributed by atoms with van der Waals surface area (Å²) in [7, 11) is -3.90. The Hall–Kier alpha value is -2.71. The fraction of sp³-hybridized carbons (Fsp3) is 0.462. The molecule has 1 aliphatic heterocycles. The van der Waals surface area contributed by atoms with Crippen LogP contribution in [0, 0.1) is 12.3 Å². The molecule has 5 rings (SSSR count). The number of aliphatic hydroxyl groups is 1. The topological polar surface area (TPSA) is 104 Å². The third-order valence-corrected chi connectivity index (χ3v) is 9.21. The minimum absolute atomic E-state index is 0.0608. The van der Waals surface area contributed by atoms with E-state index in [2.05, 4.69) is 12.1 Å². The van der Waals surface area contributed by atoms with E-state index in [0.717, 1.165) is 36.0 Å². The van der Waals surface area contributed by atoms with Crippen LogP contribution >= 0.6 is 0 Å². The van der Waals surface area contributed by atoms with E-state index in [9.17, 15) is 23.1 Å². The van der Waals surface area contributed by atoms with Crippen LogP contribution in [0.5, 0.6) is 0 Å². The molecule has 0 unspecified atom stereocenters. The van der Waals surface area contributed by atoms with Gasteiger partial charge in [-0.15, -0.1) is 0 Å². The fourth-order valence-electron chi connectivity index (χ4n) is 5.38. The average molecular weight is 483 g/mol. The van der Waals surface area contributed by atoms with Crippen molar-refractivity contribution in [2.45, 2.75) is 62.4 Å². The summed E-state index contributed by atoms with van der Waals surface area (Å²) in [6, 6.07) is 13.2.